The molecule has 2 heterocycles. The molecule has 156 valence electrons. The van der Waals surface area contributed by atoms with Gasteiger partial charge in [0.15, 0.2) is 0 Å². The van der Waals surface area contributed by atoms with Gasteiger partial charge in [0.25, 0.3) is 0 Å². The van der Waals surface area contributed by atoms with Crippen molar-refractivity contribution in [2.45, 2.75) is 6.18 Å². The second-order valence-corrected chi connectivity index (χ2v) is 6.80. The van der Waals surface area contributed by atoms with Gasteiger partial charge in [0.2, 0.25) is 11.6 Å². The maximum Gasteiger partial charge on any atom is 0.417 e. The lowest BCUT2D eigenvalue weighted by Gasteiger charge is -2.32. The summed E-state index contributed by atoms with van der Waals surface area (Å²) in [7, 11) is 1.97. The fourth-order valence-corrected chi connectivity index (χ4v) is 2.97. The summed E-state index contributed by atoms with van der Waals surface area (Å²) in [5.41, 5.74) is 1.31. The Morgan fingerprint density at radius 2 is 1.83 bits per heavy atom. The van der Waals surface area contributed by atoms with Crippen LogP contribution in [0.25, 0.3) is 0 Å². The summed E-state index contributed by atoms with van der Waals surface area (Å²) in [6.45, 7) is 2.77. The number of rotatable bonds is 5. The van der Waals surface area contributed by atoms with E-state index in [0.29, 0.717) is 13.1 Å². The number of hydrazine groups is 1. The van der Waals surface area contributed by atoms with E-state index in [1.54, 1.807) is 5.01 Å². The zero-order chi connectivity index (χ0) is 21.2. The number of nitrogens with zero attached hydrogens (tertiary/aromatic N) is 5. The van der Waals surface area contributed by atoms with Crippen LogP contribution in [0.4, 0.5) is 36.2 Å². The third kappa shape index (κ3) is 5.02. The second kappa shape index (κ2) is 8.35. The number of anilines is 3. The minimum atomic E-state index is -4.67. The average molecular weight is 432 g/mol. The number of hydrogen-bond donors (Lipinski definition) is 2. The lowest BCUT2D eigenvalue weighted by molar-refractivity contribution is -0.383. The number of nitro groups is 1. The van der Waals surface area contributed by atoms with Crippen molar-refractivity contribution in [2.24, 2.45) is 0 Å². The van der Waals surface area contributed by atoms with Crippen molar-refractivity contribution in [3.05, 3.63) is 45.2 Å². The van der Waals surface area contributed by atoms with Crippen LogP contribution in [0.5, 0.6) is 0 Å². The Balaban J connectivity index is 1.89. The summed E-state index contributed by atoms with van der Waals surface area (Å²) in [5, 5.41) is 15.5. The largest absolute Gasteiger partial charge is 0.417 e. The number of piperazine rings is 1. The van der Waals surface area contributed by atoms with Gasteiger partial charge in [-0.1, -0.05) is 11.6 Å². The highest BCUT2D eigenvalue weighted by Crippen LogP contribution is 2.38. The van der Waals surface area contributed by atoms with Gasteiger partial charge in [-0.25, -0.2) is 15.0 Å². The molecule has 0 spiro atoms. The van der Waals surface area contributed by atoms with E-state index in [1.165, 1.54) is 6.07 Å². The predicted molar refractivity (Wildman–Crippen MR) is 101 cm³/mol. The Hall–Kier alpha value is -2.70. The number of likely N-dealkylation sites (N-methyl/N-ethyl adjacent to an activating group) is 1. The monoisotopic (exact) mass is 431 g/mol. The summed E-state index contributed by atoms with van der Waals surface area (Å²) < 4.78 is 39.2. The number of nitrogens with one attached hydrogen (secondary N) is 2. The smallest absolute Gasteiger partial charge is 0.334 e. The van der Waals surface area contributed by atoms with Gasteiger partial charge in [-0.3, -0.25) is 15.5 Å². The Labute approximate surface area is 168 Å². The fourth-order valence-electron chi connectivity index (χ4n) is 2.75. The maximum absolute atomic E-state index is 13.1. The summed E-state index contributed by atoms with van der Waals surface area (Å²) in [6.07, 6.45) is -3.57. The highest BCUT2D eigenvalue weighted by molar-refractivity contribution is 6.31. The zero-order valence-electron chi connectivity index (χ0n) is 15.2. The van der Waals surface area contributed by atoms with E-state index in [-0.39, 0.29) is 17.3 Å². The molecule has 0 unspecified atom stereocenters. The molecule has 1 aromatic heterocycles. The van der Waals surface area contributed by atoms with E-state index in [4.69, 9.17) is 11.6 Å². The SMILES string of the molecule is CN1CCN(Nc2ncnc(Nc3ccc(Cl)c(C(F)(F)F)c3)c2[N+](=O)[O-])CC1. The number of halogens is 4. The van der Waals surface area contributed by atoms with Crippen LogP contribution in [0, 0.1) is 10.1 Å². The molecule has 3 rings (SSSR count). The van der Waals surface area contributed by atoms with E-state index in [2.05, 4.69) is 25.6 Å². The van der Waals surface area contributed by atoms with Gasteiger partial charge in [-0.05, 0) is 25.2 Å². The topological polar surface area (TPSA) is 99.5 Å². The second-order valence-electron chi connectivity index (χ2n) is 6.40. The van der Waals surface area contributed by atoms with Crippen LogP contribution in [0.1, 0.15) is 5.56 Å². The van der Waals surface area contributed by atoms with E-state index in [0.717, 1.165) is 31.5 Å². The maximum atomic E-state index is 13.1. The molecule has 29 heavy (non-hydrogen) atoms. The van der Waals surface area contributed by atoms with Gasteiger partial charge in [0.1, 0.15) is 6.33 Å². The molecular formula is C16H17ClF3N7O2. The fraction of sp³-hybridized carbons (Fsp3) is 0.375. The molecule has 1 aliphatic heterocycles. The molecule has 1 fully saturated rings. The first-order valence-corrected chi connectivity index (χ1v) is 8.86. The number of aromatic nitrogens is 2. The molecule has 2 N–H and O–H groups in total. The number of hydrogen-bond acceptors (Lipinski definition) is 8. The minimum Gasteiger partial charge on any atom is -0.334 e. The van der Waals surface area contributed by atoms with Crippen molar-refractivity contribution in [2.75, 3.05) is 44.0 Å². The Morgan fingerprint density at radius 3 is 2.45 bits per heavy atom. The molecular weight excluding hydrogens is 415 g/mol. The lowest BCUT2D eigenvalue weighted by atomic mass is 10.2. The summed E-state index contributed by atoms with van der Waals surface area (Å²) in [6, 6.07) is 3.10. The molecule has 2 aromatic rings. The van der Waals surface area contributed by atoms with Crippen LogP contribution >= 0.6 is 11.6 Å². The molecule has 1 saturated heterocycles. The third-order valence-corrected chi connectivity index (χ3v) is 4.64. The normalized spacial score (nSPS) is 15.9. The summed E-state index contributed by atoms with van der Waals surface area (Å²) in [4.78, 5) is 20.8. The van der Waals surface area contributed by atoms with Crippen molar-refractivity contribution in [3.8, 4) is 0 Å². The van der Waals surface area contributed by atoms with E-state index >= 15 is 0 Å². The van der Waals surface area contributed by atoms with Crippen molar-refractivity contribution in [1.82, 2.24) is 19.9 Å². The molecule has 13 heteroatoms. The van der Waals surface area contributed by atoms with Crippen LogP contribution < -0.4 is 10.7 Å². The molecule has 0 saturated carbocycles. The van der Waals surface area contributed by atoms with Gasteiger partial charge in [0.05, 0.1) is 15.5 Å². The van der Waals surface area contributed by atoms with Crippen LogP contribution in [-0.2, 0) is 6.18 Å². The highest BCUT2D eigenvalue weighted by Gasteiger charge is 2.34. The standard InChI is InChI=1S/C16H17ClF3N7O2/c1-25-4-6-26(7-5-25)24-15-13(27(28)29)14(21-9-22-15)23-10-2-3-12(17)11(8-10)16(18,19)20/h2-3,8-9H,4-7H2,1H3,(H2,21,22,23,24). The van der Waals surface area contributed by atoms with Crippen molar-refractivity contribution >= 4 is 34.6 Å². The molecule has 0 atom stereocenters. The predicted octanol–water partition coefficient (Wildman–Crippen LogP) is 3.37. The van der Waals surface area contributed by atoms with Gasteiger partial charge in [-0.2, -0.15) is 13.2 Å². The van der Waals surface area contributed by atoms with Gasteiger partial charge in [0, 0.05) is 31.9 Å². The van der Waals surface area contributed by atoms with Crippen LogP contribution in [0.15, 0.2) is 24.5 Å². The highest BCUT2D eigenvalue weighted by atomic mass is 35.5. The molecule has 0 bridgehead atoms. The van der Waals surface area contributed by atoms with Crippen molar-refractivity contribution < 1.29 is 18.1 Å². The van der Waals surface area contributed by atoms with Crippen molar-refractivity contribution in [1.29, 1.82) is 0 Å². The van der Waals surface area contributed by atoms with Crippen LogP contribution in [0.2, 0.25) is 5.02 Å². The Kier molecular flexibility index (Phi) is 6.05. The first-order valence-electron chi connectivity index (χ1n) is 8.48. The van der Waals surface area contributed by atoms with Gasteiger partial charge >= 0.3 is 11.9 Å². The summed E-state index contributed by atoms with van der Waals surface area (Å²) >= 11 is 5.61. The summed E-state index contributed by atoms with van der Waals surface area (Å²) in [5.74, 6) is -0.292. The molecule has 0 radical (unpaired) electrons. The first-order chi connectivity index (χ1) is 13.6. The average Bonchev–Trinajstić information content (AvgIpc) is 2.64. The van der Waals surface area contributed by atoms with Crippen LogP contribution in [-0.4, -0.2) is 58.0 Å². The zero-order valence-corrected chi connectivity index (χ0v) is 16.0. The molecule has 1 aliphatic rings. The molecule has 0 aliphatic carbocycles. The van der Waals surface area contributed by atoms with E-state index in [1.807, 2.05) is 7.05 Å². The van der Waals surface area contributed by atoms with Gasteiger partial charge in [-0.15, -0.1) is 0 Å². The van der Waals surface area contributed by atoms with Crippen molar-refractivity contribution in [3.63, 3.8) is 0 Å². The quantitative estimate of drug-likeness (QED) is 0.549. The molecule has 9 nitrogen and oxygen atoms in total. The number of alkyl halides is 3. The van der Waals surface area contributed by atoms with E-state index in [9.17, 15) is 23.3 Å². The molecule has 0 amide bonds. The van der Waals surface area contributed by atoms with E-state index < -0.39 is 27.4 Å². The Morgan fingerprint density at radius 1 is 1.17 bits per heavy atom. The number of benzene rings is 1. The minimum absolute atomic E-state index is 0.0472. The van der Waals surface area contributed by atoms with Gasteiger partial charge < -0.3 is 10.2 Å². The third-order valence-electron chi connectivity index (χ3n) is 4.31. The lowest BCUT2D eigenvalue weighted by Crippen LogP contribution is -2.47. The Bertz CT molecular complexity index is 905. The molecule has 1 aromatic carbocycles. The van der Waals surface area contributed by atoms with Crippen LogP contribution in [0.3, 0.4) is 0 Å². The first kappa shape index (κ1) is 21.0.